The van der Waals surface area contributed by atoms with Gasteiger partial charge in [-0.05, 0) is 64.4 Å². The van der Waals surface area contributed by atoms with Gasteiger partial charge in [-0.15, -0.1) is 0 Å². The highest BCUT2D eigenvalue weighted by molar-refractivity contribution is 6.25. The van der Waals surface area contributed by atoms with E-state index in [4.69, 9.17) is 0 Å². The molecule has 0 amide bonds. The molecular weight excluding hydrogens is 659 g/mol. The molecule has 8 aromatic carbocycles. The second kappa shape index (κ2) is 12.6. The van der Waals surface area contributed by atoms with Crippen molar-refractivity contribution in [2.45, 2.75) is 18.5 Å². The quantitative estimate of drug-likeness (QED) is 0.168. The topological polar surface area (TPSA) is 46.0 Å². The van der Waals surface area contributed by atoms with E-state index in [1.807, 2.05) is 0 Å². The largest absolute Gasteiger partial charge is 0.309 e. The van der Waals surface area contributed by atoms with Crippen molar-refractivity contribution in [3.05, 3.63) is 205 Å². The van der Waals surface area contributed by atoms with Gasteiger partial charge in [0.05, 0.1) is 46.3 Å². The zero-order valence-corrected chi connectivity index (χ0v) is 29.5. The van der Waals surface area contributed by atoms with Gasteiger partial charge in [-0.25, -0.2) is 0 Å². The van der Waals surface area contributed by atoms with Crippen LogP contribution in [0.3, 0.4) is 0 Å². The van der Waals surface area contributed by atoms with Crippen LogP contribution in [0, 0.1) is 0 Å². The molecule has 1 aliphatic heterocycles. The number of rotatable bonds is 5. The third-order valence-electron chi connectivity index (χ3n) is 11.2. The van der Waals surface area contributed by atoms with E-state index in [0.29, 0.717) is 0 Å². The van der Waals surface area contributed by atoms with Crippen LogP contribution in [0.1, 0.15) is 35.2 Å². The minimum Gasteiger partial charge on any atom is -0.309 e. The predicted molar refractivity (Wildman–Crippen MR) is 223 cm³/mol. The average Bonchev–Trinajstić information content (AvgIpc) is 3.75. The van der Waals surface area contributed by atoms with Gasteiger partial charge in [-0.2, -0.15) is 0 Å². The number of para-hydroxylation sites is 3. The van der Waals surface area contributed by atoms with E-state index in [-0.39, 0.29) is 18.5 Å². The smallest absolute Gasteiger partial charge is 0.0885 e. The molecule has 2 aromatic heterocycles. The fourth-order valence-corrected chi connectivity index (χ4v) is 8.80. The van der Waals surface area contributed by atoms with Crippen molar-refractivity contribution in [1.82, 2.24) is 25.1 Å². The average molecular weight is 696 g/mol. The van der Waals surface area contributed by atoms with Crippen LogP contribution >= 0.6 is 0 Å². The van der Waals surface area contributed by atoms with Crippen molar-refractivity contribution >= 4 is 54.4 Å². The Bertz CT molecular complexity index is 2940. The number of nitrogens with one attached hydrogen (secondary N) is 3. The highest BCUT2D eigenvalue weighted by Gasteiger charge is 2.31. The van der Waals surface area contributed by atoms with Gasteiger partial charge < -0.3 is 9.13 Å². The molecule has 3 N–H and O–H groups in total. The Morgan fingerprint density at radius 3 is 1.67 bits per heavy atom. The maximum absolute atomic E-state index is 3.94. The van der Waals surface area contributed by atoms with Crippen LogP contribution in [0.4, 0.5) is 0 Å². The Kier molecular flexibility index (Phi) is 7.23. The van der Waals surface area contributed by atoms with Crippen LogP contribution < -0.4 is 16.0 Å². The maximum Gasteiger partial charge on any atom is 0.0885 e. The summed E-state index contributed by atoms with van der Waals surface area (Å²) >= 11 is 0. The molecule has 258 valence electrons. The zero-order valence-electron chi connectivity index (χ0n) is 29.5. The summed E-state index contributed by atoms with van der Waals surface area (Å²) in [6.07, 6.45) is -0.283. The first kappa shape index (κ1) is 31.1. The van der Waals surface area contributed by atoms with Crippen molar-refractivity contribution in [3.63, 3.8) is 0 Å². The number of nitrogens with zero attached hydrogens (tertiary/aromatic N) is 2. The summed E-state index contributed by atoms with van der Waals surface area (Å²) in [5, 5.41) is 19.3. The van der Waals surface area contributed by atoms with Gasteiger partial charge in [0.2, 0.25) is 0 Å². The van der Waals surface area contributed by atoms with Crippen LogP contribution in [0.15, 0.2) is 188 Å². The van der Waals surface area contributed by atoms with Gasteiger partial charge in [0.15, 0.2) is 0 Å². The van der Waals surface area contributed by atoms with Crippen molar-refractivity contribution in [2.24, 2.45) is 0 Å². The summed E-state index contributed by atoms with van der Waals surface area (Å²) < 4.78 is 4.92. The fraction of sp³-hybridized carbons (Fsp3) is 0.0612. The van der Waals surface area contributed by atoms with Crippen molar-refractivity contribution < 1.29 is 0 Å². The number of fused-ring (bicyclic) bond motifs is 8. The van der Waals surface area contributed by atoms with Gasteiger partial charge in [-0.1, -0.05) is 146 Å². The first-order chi connectivity index (χ1) is 26.8. The van der Waals surface area contributed by atoms with E-state index in [1.165, 1.54) is 71.1 Å². The second-order valence-electron chi connectivity index (χ2n) is 14.3. The van der Waals surface area contributed by atoms with Gasteiger partial charge in [-0.3, -0.25) is 16.0 Å². The molecule has 0 saturated carbocycles. The van der Waals surface area contributed by atoms with Gasteiger partial charge in [0.25, 0.3) is 0 Å². The highest BCUT2D eigenvalue weighted by Crippen LogP contribution is 2.43. The number of hydrogen-bond donors (Lipinski definition) is 3. The number of benzene rings is 8. The van der Waals surface area contributed by atoms with E-state index in [1.54, 1.807) is 0 Å². The normalized spacial score (nSPS) is 17.6. The molecule has 0 spiro atoms. The van der Waals surface area contributed by atoms with E-state index >= 15 is 0 Å². The standard InChI is InChI=1S/C49H37N5/c1-4-17-33(18-5-1)47-50-48(34-19-6-2-7-20-34)52-49(51-47)38-25-13-15-27-42(38)54-41-26-14-12-24-37(41)39-30-40-45(31-44(39)54)53(35-21-8-3-9-22-35)43-29-28-32-16-10-11-23-36(32)46(40)43/h1-31,47-52H. The van der Waals surface area contributed by atoms with Crippen molar-refractivity contribution in [1.29, 1.82) is 0 Å². The van der Waals surface area contributed by atoms with Crippen LogP contribution in [0.25, 0.3) is 65.8 Å². The van der Waals surface area contributed by atoms with Crippen LogP contribution in [0.2, 0.25) is 0 Å². The summed E-state index contributed by atoms with van der Waals surface area (Å²) in [4.78, 5) is 0. The summed E-state index contributed by atoms with van der Waals surface area (Å²) in [6, 6.07) is 68.0. The van der Waals surface area contributed by atoms with E-state index in [2.05, 4.69) is 213 Å². The Morgan fingerprint density at radius 2 is 0.926 bits per heavy atom. The number of aromatic nitrogens is 2. The molecule has 1 saturated heterocycles. The van der Waals surface area contributed by atoms with E-state index in [9.17, 15) is 0 Å². The van der Waals surface area contributed by atoms with Gasteiger partial charge in [0.1, 0.15) is 0 Å². The SMILES string of the molecule is c1ccc(C2NC(c3ccccc3)NC(c3ccccc3-n3c4ccccc4c4cc5c6c7ccccc7ccc6n(-c6ccccc6)c5cc43)N2)cc1. The molecule has 2 unspecified atom stereocenters. The molecule has 5 nitrogen and oxygen atoms in total. The minimum absolute atomic E-state index is 0.0649. The lowest BCUT2D eigenvalue weighted by atomic mass is 10.0. The van der Waals surface area contributed by atoms with Gasteiger partial charge in [0, 0.05) is 32.8 Å². The first-order valence-electron chi connectivity index (χ1n) is 18.7. The second-order valence-corrected chi connectivity index (χ2v) is 14.3. The first-order valence-corrected chi connectivity index (χ1v) is 18.7. The molecule has 1 fully saturated rings. The van der Waals surface area contributed by atoms with E-state index < -0.39 is 0 Å². The Labute approximate surface area is 313 Å². The Balaban J connectivity index is 1.17. The molecule has 54 heavy (non-hydrogen) atoms. The molecule has 11 rings (SSSR count). The molecule has 5 heteroatoms. The molecule has 0 bridgehead atoms. The molecule has 0 aliphatic carbocycles. The predicted octanol–water partition coefficient (Wildman–Crippen LogP) is 11.2. The van der Waals surface area contributed by atoms with Crippen LogP contribution in [-0.4, -0.2) is 9.13 Å². The fourth-order valence-electron chi connectivity index (χ4n) is 8.80. The molecule has 10 aromatic rings. The Hall–Kier alpha value is -6.50. The number of hydrogen-bond acceptors (Lipinski definition) is 3. The molecule has 2 atom stereocenters. The lowest BCUT2D eigenvalue weighted by Gasteiger charge is -2.40. The highest BCUT2D eigenvalue weighted by atomic mass is 15.4. The maximum atomic E-state index is 3.94. The van der Waals surface area contributed by atoms with Crippen molar-refractivity contribution in [3.8, 4) is 11.4 Å². The van der Waals surface area contributed by atoms with Crippen molar-refractivity contribution in [2.75, 3.05) is 0 Å². The minimum atomic E-state index is -0.153. The van der Waals surface area contributed by atoms with Gasteiger partial charge >= 0.3 is 0 Å². The Morgan fingerprint density at radius 1 is 0.352 bits per heavy atom. The summed E-state index contributed by atoms with van der Waals surface area (Å²) in [5.41, 5.74) is 10.6. The monoisotopic (exact) mass is 695 g/mol. The lowest BCUT2D eigenvalue weighted by Crippen LogP contribution is -2.54. The molecule has 0 radical (unpaired) electrons. The summed E-state index contributed by atoms with van der Waals surface area (Å²) in [5.74, 6) is 0. The summed E-state index contributed by atoms with van der Waals surface area (Å²) in [6.45, 7) is 0. The molecule has 1 aliphatic rings. The van der Waals surface area contributed by atoms with E-state index in [0.717, 1.165) is 11.4 Å². The molecule has 3 heterocycles. The lowest BCUT2D eigenvalue weighted by molar-refractivity contribution is 0.203. The van der Waals surface area contributed by atoms with Crippen LogP contribution in [0.5, 0.6) is 0 Å². The molecular formula is C49H37N5. The summed E-state index contributed by atoms with van der Waals surface area (Å²) in [7, 11) is 0. The van der Waals surface area contributed by atoms with Crippen LogP contribution in [-0.2, 0) is 0 Å². The zero-order chi connectivity index (χ0) is 35.6. The third kappa shape index (κ3) is 4.91. The third-order valence-corrected chi connectivity index (χ3v) is 11.2.